The SMILES string of the molecule is COC(/C=C\N(C)C)=N/C=O. The Balaban J connectivity index is 4.07. The molecule has 0 aliphatic carbocycles. The summed E-state index contributed by atoms with van der Waals surface area (Å²) in [6, 6.07) is 0. The van der Waals surface area contributed by atoms with E-state index in [2.05, 4.69) is 4.99 Å². The predicted molar refractivity (Wildman–Crippen MR) is 43.3 cm³/mol. The average molecular weight is 156 g/mol. The van der Waals surface area contributed by atoms with Crippen molar-refractivity contribution in [3.63, 3.8) is 0 Å². The fourth-order valence-electron chi connectivity index (χ4n) is 0.429. The van der Waals surface area contributed by atoms with Gasteiger partial charge in [0.2, 0.25) is 12.3 Å². The number of carbonyl (C=O) groups excluding carboxylic acids is 1. The monoisotopic (exact) mass is 156 g/mol. The summed E-state index contributed by atoms with van der Waals surface area (Å²) in [7, 11) is 5.19. The standard InChI is InChI=1S/C7H12N2O2/c1-9(2)5-4-7(11-3)8-6-10/h4-6H,1-3H3/b5-4-,8-7+. The first-order valence-electron chi connectivity index (χ1n) is 3.10. The summed E-state index contributed by atoms with van der Waals surface area (Å²) < 4.78 is 4.75. The maximum atomic E-state index is 9.90. The molecule has 62 valence electrons. The third-order valence-corrected chi connectivity index (χ3v) is 0.904. The molecule has 0 aliphatic rings. The number of hydrogen-bond donors (Lipinski definition) is 0. The lowest BCUT2D eigenvalue weighted by Gasteiger charge is -2.03. The van der Waals surface area contributed by atoms with Gasteiger partial charge in [0, 0.05) is 26.4 Å². The molecule has 0 saturated heterocycles. The highest BCUT2D eigenvalue weighted by molar-refractivity contribution is 5.91. The van der Waals surface area contributed by atoms with Crippen molar-refractivity contribution in [2.45, 2.75) is 0 Å². The van der Waals surface area contributed by atoms with Crippen molar-refractivity contribution in [2.24, 2.45) is 4.99 Å². The van der Waals surface area contributed by atoms with E-state index in [0.717, 1.165) is 0 Å². The molecule has 0 saturated carbocycles. The van der Waals surface area contributed by atoms with E-state index in [1.54, 1.807) is 12.3 Å². The lowest BCUT2D eigenvalue weighted by molar-refractivity contribution is -0.106. The molecule has 0 N–H and O–H groups in total. The number of hydrogen-bond acceptors (Lipinski definition) is 3. The van der Waals surface area contributed by atoms with Crippen LogP contribution in [0.15, 0.2) is 17.3 Å². The zero-order chi connectivity index (χ0) is 8.69. The second-order valence-corrected chi connectivity index (χ2v) is 2.06. The van der Waals surface area contributed by atoms with Crippen molar-refractivity contribution in [3.05, 3.63) is 12.3 Å². The van der Waals surface area contributed by atoms with Crippen LogP contribution in [0.4, 0.5) is 0 Å². The molecule has 0 aromatic carbocycles. The van der Waals surface area contributed by atoms with E-state index in [0.29, 0.717) is 12.3 Å². The van der Waals surface area contributed by atoms with Crippen LogP contribution in [0.1, 0.15) is 0 Å². The lowest BCUT2D eigenvalue weighted by atomic mass is 10.6. The Kier molecular flexibility index (Phi) is 4.81. The van der Waals surface area contributed by atoms with Crippen LogP contribution in [-0.2, 0) is 9.53 Å². The quantitative estimate of drug-likeness (QED) is 0.334. The van der Waals surface area contributed by atoms with Gasteiger partial charge in [0.1, 0.15) is 0 Å². The van der Waals surface area contributed by atoms with Crippen molar-refractivity contribution in [2.75, 3.05) is 21.2 Å². The minimum atomic E-state index is 0.300. The molecule has 4 heteroatoms. The van der Waals surface area contributed by atoms with Crippen molar-refractivity contribution in [1.29, 1.82) is 0 Å². The van der Waals surface area contributed by atoms with Crippen LogP contribution >= 0.6 is 0 Å². The van der Waals surface area contributed by atoms with Crippen LogP contribution in [0.5, 0.6) is 0 Å². The molecule has 0 aromatic heterocycles. The van der Waals surface area contributed by atoms with Crippen molar-refractivity contribution in [1.82, 2.24) is 4.90 Å². The van der Waals surface area contributed by atoms with Gasteiger partial charge in [-0.2, -0.15) is 4.99 Å². The zero-order valence-electron chi connectivity index (χ0n) is 6.94. The van der Waals surface area contributed by atoms with E-state index >= 15 is 0 Å². The third-order valence-electron chi connectivity index (χ3n) is 0.904. The largest absolute Gasteiger partial charge is 0.481 e. The van der Waals surface area contributed by atoms with Crippen molar-refractivity contribution < 1.29 is 9.53 Å². The van der Waals surface area contributed by atoms with E-state index in [1.807, 2.05) is 19.0 Å². The van der Waals surface area contributed by atoms with Crippen molar-refractivity contribution in [3.8, 4) is 0 Å². The summed E-state index contributed by atoms with van der Waals surface area (Å²) in [5.74, 6) is 0.300. The number of rotatable bonds is 3. The van der Waals surface area contributed by atoms with Gasteiger partial charge in [-0.15, -0.1) is 0 Å². The Labute approximate surface area is 66.2 Å². The van der Waals surface area contributed by atoms with Crippen molar-refractivity contribution >= 4 is 12.3 Å². The molecule has 0 bridgehead atoms. The minimum absolute atomic E-state index is 0.300. The Hall–Kier alpha value is -1.32. The van der Waals surface area contributed by atoms with Crippen LogP contribution in [-0.4, -0.2) is 38.4 Å². The summed E-state index contributed by atoms with van der Waals surface area (Å²) in [4.78, 5) is 15.1. The number of ether oxygens (including phenoxy) is 1. The van der Waals surface area contributed by atoms with Gasteiger partial charge in [-0.25, -0.2) is 0 Å². The summed E-state index contributed by atoms with van der Waals surface area (Å²) in [6.07, 6.45) is 3.79. The molecule has 4 nitrogen and oxygen atoms in total. The van der Waals surface area contributed by atoms with Crippen LogP contribution in [0.25, 0.3) is 0 Å². The van der Waals surface area contributed by atoms with Crippen LogP contribution in [0, 0.1) is 0 Å². The Morgan fingerprint density at radius 1 is 1.55 bits per heavy atom. The first-order valence-corrected chi connectivity index (χ1v) is 3.10. The van der Waals surface area contributed by atoms with Gasteiger partial charge >= 0.3 is 0 Å². The predicted octanol–water partition coefficient (Wildman–Crippen LogP) is 0.263. The smallest absolute Gasteiger partial charge is 0.236 e. The number of methoxy groups -OCH3 is 1. The molecule has 1 amide bonds. The normalized spacial score (nSPS) is 11.7. The molecule has 0 unspecified atom stereocenters. The molecule has 0 spiro atoms. The fourth-order valence-corrected chi connectivity index (χ4v) is 0.429. The molecular weight excluding hydrogens is 144 g/mol. The third kappa shape index (κ3) is 5.14. The van der Waals surface area contributed by atoms with E-state index in [9.17, 15) is 4.79 Å². The Bertz CT molecular complexity index is 173. The maximum Gasteiger partial charge on any atom is 0.236 e. The van der Waals surface area contributed by atoms with E-state index < -0.39 is 0 Å². The van der Waals surface area contributed by atoms with E-state index in [4.69, 9.17) is 4.74 Å². The topological polar surface area (TPSA) is 41.9 Å². The molecule has 0 rings (SSSR count). The first-order chi connectivity index (χ1) is 5.20. The van der Waals surface area contributed by atoms with Gasteiger partial charge in [-0.05, 0) is 0 Å². The molecular formula is C7H12N2O2. The fraction of sp³-hybridized carbons (Fsp3) is 0.429. The summed E-state index contributed by atoms with van der Waals surface area (Å²) in [5.41, 5.74) is 0. The molecule has 11 heavy (non-hydrogen) atoms. The Morgan fingerprint density at radius 2 is 2.18 bits per heavy atom. The number of carbonyl (C=O) groups is 1. The van der Waals surface area contributed by atoms with Crippen LogP contribution in [0.2, 0.25) is 0 Å². The molecule has 0 aromatic rings. The maximum absolute atomic E-state index is 9.90. The van der Waals surface area contributed by atoms with E-state index in [1.165, 1.54) is 7.11 Å². The highest BCUT2D eigenvalue weighted by Gasteiger charge is 1.88. The number of aliphatic imine (C=N–C) groups is 1. The average Bonchev–Trinajstić information content (AvgIpc) is 1.97. The van der Waals surface area contributed by atoms with Gasteiger partial charge in [-0.3, -0.25) is 4.79 Å². The van der Waals surface area contributed by atoms with Gasteiger partial charge < -0.3 is 9.64 Å². The highest BCUT2D eigenvalue weighted by Crippen LogP contribution is 1.83. The molecule has 0 aliphatic heterocycles. The number of amides is 1. The zero-order valence-corrected chi connectivity index (χ0v) is 6.94. The first kappa shape index (κ1) is 9.68. The van der Waals surface area contributed by atoms with E-state index in [-0.39, 0.29) is 0 Å². The highest BCUT2D eigenvalue weighted by atomic mass is 16.5. The Morgan fingerprint density at radius 3 is 2.55 bits per heavy atom. The van der Waals surface area contributed by atoms with Gasteiger partial charge in [0.15, 0.2) is 0 Å². The second-order valence-electron chi connectivity index (χ2n) is 2.06. The molecule has 0 heterocycles. The number of nitrogens with zero attached hydrogens (tertiary/aromatic N) is 2. The molecule has 0 fully saturated rings. The van der Waals surface area contributed by atoms with Gasteiger partial charge in [0.05, 0.1) is 7.11 Å². The molecule has 0 atom stereocenters. The van der Waals surface area contributed by atoms with Crippen LogP contribution in [0.3, 0.4) is 0 Å². The summed E-state index contributed by atoms with van der Waals surface area (Å²) in [6.45, 7) is 0. The summed E-state index contributed by atoms with van der Waals surface area (Å²) >= 11 is 0. The van der Waals surface area contributed by atoms with Crippen LogP contribution < -0.4 is 0 Å². The molecule has 0 radical (unpaired) electrons. The van der Waals surface area contributed by atoms with Gasteiger partial charge in [-0.1, -0.05) is 0 Å². The summed E-state index contributed by atoms with van der Waals surface area (Å²) in [5, 5.41) is 0. The minimum Gasteiger partial charge on any atom is -0.481 e. The lowest BCUT2D eigenvalue weighted by Crippen LogP contribution is -2.04. The van der Waals surface area contributed by atoms with Gasteiger partial charge in [0.25, 0.3) is 0 Å². The second kappa shape index (κ2) is 5.46.